The van der Waals surface area contributed by atoms with Gasteiger partial charge < -0.3 is 20.1 Å². The molecule has 0 spiro atoms. The summed E-state index contributed by atoms with van der Waals surface area (Å²) in [6.45, 7) is 4.06. The fourth-order valence-electron chi connectivity index (χ4n) is 1.11. The number of Topliss-reactive ketones (excluding diaryl/α,β-unsaturated/α-hetero) is 1. The van der Waals surface area contributed by atoms with Crippen LogP contribution in [-0.4, -0.2) is 49.6 Å². The average molecular weight is 288 g/mol. The second-order valence-electron chi connectivity index (χ2n) is 4.15. The van der Waals surface area contributed by atoms with Crippen molar-refractivity contribution < 1.29 is 28.7 Å². The van der Waals surface area contributed by atoms with Crippen molar-refractivity contribution in [2.24, 2.45) is 0 Å². The SMILES string of the molecule is COC(C)C(=O)NCNC(=O)C(C)OC(=O)CC(C)=O. The monoisotopic (exact) mass is 288 g/mol. The van der Waals surface area contributed by atoms with Gasteiger partial charge in [-0.2, -0.15) is 0 Å². The van der Waals surface area contributed by atoms with Crippen molar-refractivity contribution in [1.29, 1.82) is 0 Å². The van der Waals surface area contributed by atoms with E-state index in [0.29, 0.717) is 0 Å². The number of carbonyl (C=O) groups is 4. The molecule has 0 aromatic heterocycles. The lowest BCUT2D eigenvalue weighted by molar-refractivity contribution is -0.156. The molecule has 2 N–H and O–H groups in total. The molecular weight excluding hydrogens is 268 g/mol. The van der Waals surface area contributed by atoms with Crippen molar-refractivity contribution in [2.75, 3.05) is 13.8 Å². The van der Waals surface area contributed by atoms with Crippen LogP contribution in [0.5, 0.6) is 0 Å². The van der Waals surface area contributed by atoms with E-state index in [2.05, 4.69) is 10.6 Å². The first-order valence-electron chi connectivity index (χ1n) is 6.05. The van der Waals surface area contributed by atoms with Gasteiger partial charge in [-0.05, 0) is 20.8 Å². The topological polar surface area (TPSA) is 111 Å². The van der Waals surface area contributed by atoms with Crippen LogP contribution >= 0.6 is 0 Å². The average Bonchev–Trinajstić information content (AvgIpc) is 2.36. The van der Waals surface area contributed by atoms with Crippen LogP contribution in [0.3, 0.4) is 0 Å². The largest absolute Gasteiger partial charge is 0.452 e. The molecule has 0 saturated heterocycles. The van der Waals surface area contributed by atoms with E-state index in [1.54, 1.807) is 6.92 Å². The van der Waals surface area contributed by atoms with Gasteiger partial charge in [-0.1, -0.05) is 0 Å². The number of carbonyl (C=O) groups excluding carboxylic acids is 4. The molecule has 0 aliphatic heterocycles. The first-order valence-corrected chi connectivity index (χ1v) is 6.05. The molecule has 0 rings (SSSR count). The molecule has 0 saturated carbocycles. The van der Waals surface area contributed by atoms with Gasteiger partial charge in [-0.3, -0.25) is 19.2 Å². The molecule has 2 unspecified atom stereocenters. The maximum absolute atomic E-state index is 11.5. The molecule has 2 amide bonds. The molecule has 8 nitrogen and oxygen atoms in total. The van der Waals surface area contributed by atoms with E-state index in [4.69, 9.17) is 9.47 Å². The molecule has 20 heavy (non-hydrogen) atoms. The fraction of sp³-hybridized carbons (Fsp3) is 0.667. The van der Waals surface area contributed by atoms with Crippen molar-refractivity contribution in [2.45, 2.75) is 39.4 Å². The quantitative estimate of drug-likeness (QED) is 0.341. The third kappa shape index (κ3) is 7.47. The number of methoxy groups -OCH3 is 1. The maximum atomic E-state index is 11.5. The molecule has 114 valence electrons. The van der Waals surface area contributed by atoms with Crippen molar-refractivity contribution >= 4 is 23.6 Å². The van der Waals surface area contributed by atoms with E-state index in [9.17, 15) is 19.2 Å². The lowest BCUT2D eigenvalue weighted by Gasteiger charge is -2.14. The number of ether oxygens (including phenoxy) is 2. The van der Waals surface area contributed by atoms with Crippen molar-refractivity contribution in [3.8, 4) is 0 Å². The second kappa shape index (κ2) is 9.03. The van der Waals surface area contributed by atoms with Gasteiger partial charge in [-0.25, -0.2) is 0 Å². The first-order chi connectivity index (χ1) is 9.27. The Balaban J connectivity index is 4.00. The minimum Gasteiger partial charge on any atom is -0.452 e. The predicted molar refractivity (Wildman–Crippen MR) is 68.5 cm³/mol. The third-order valence-corrected chi connectivity index (χ3v) is 2.32. The highest BCUT2D eigenvalue weighted by atomic mass is 16.5. The Morgan fingerprint density at radius 2 is 1.50 bits per heavy atom. The van der Waals surface area contributed by atoms with Gasteiger partial charge in [0, 0.05) is 7.11 Å². The molecule has 0 radical (unpaired) electrons. The van der Waals surface area contributed by atoms with E-state index in [0.717, 1.165) is 0 Å². The highest BCUT2D eigenvalue weighted by Gasteiger charge is 2.18. The standard InChI is InChI=1S/C12H20N2O6/c1-7(15)5-10(16)20-9(3)12(18)14-6-13-11(17)8(2)19-4/h8-9H,5-6H2,1-4H3,(H,13,17)(H,14,18). The molecule has 0 aromatic rings. The first kappa shape index (κ1) is 18.0. The number of hydrogen-bond donors (Lipinski definition) is 2. The van der Waals surface area contributed by atoms with Gasteiger partial charge in [0.25, 0.3) is 5.91 Å². The zero-order chi connectivity index (χ0) is 15.7. The summed E-state index contributed by atoms with van der Waals surface area (Å²) >= 11 is 0. The molecule has 0 aliphatic rings. The number of esters is 1. The van der Waals surface area contributed by atoms with E-state index in [1.807, 2.05) is 0 Å². The maximum Gasteiger partial charge on any atom is 0.314 e. The summed E-state index contributed by atoms with van der Waals surface area (Å²) in [6, 6.07) is 0. The van der Waals surface area contributed by atoms with Crippen LogP contribution in [0.1, 0.15) is 27.2 Å². The van der Waals surface area contributed by atoms with E-state index >= 15 is 0 Å². The predicted octanol–water partition coefficient (Wildman–Crippen LogP) is -0.878. The van der Waals surface area contributed by atoms with Gasteiger partial charge in [0.1, 0.15) is 18.3 Å². The number of amides is 2. The van der Waals surface area contributed by atoms with Crippen LogP contribution in [0.4, 0.5) is 0 Å². The molecule has 0 aliphatic carbocycles. The number of ketones is 1. The highest BCUT2D eigenvalue weighted by Crippen LogP contribution is 1.95. The molecule has 0 heterocycles. The number of rotatable bonds is 8. The van der Waals surface area contributed by atoms with Crippen molar-refractivity contribution in [3.63, 3.8) is 0 Å². The number of nitrogens with one attached hydrogen (secondary N) is 2. The molecule has 0 fully saturated rings. The normalized spacial score (nSPS) is 13.0. The zero-order valence-corrected chi connectivity index (χ0v) is 12.0. The molecule has 0 bridgehead atoms. The summed E-state index contributed by atoms with van der Waals surface area (Å²) in [6.07, 6.45) is -2.05. The van der Waals surface area contributed by atoms with Gasteiger partial charge in [0.2, 0.25) is 5.91 Å². The Kier molecular flexibility index (Phi) is 8.14. The third-order valence-electron chi connectivity index (χ3n) is 2.32. The van der Waals surface area contributed by atoms with Crippen LogP contribution in [-0.2, 0) is 28.7 Å². The van der Waals surface area contributed by atoms with Crippen LogP contribution in [0.15, 0.2) is 0 Å². The lowest BCUT2D eigenvalue weighted by atomic mass is 10.3. The number of hydrogen-bond acceptors (Lipinski definition) is 6. The lowest BCUT2D eigenvalue weighted by Crippen LogP contribution is -2.45. The van der Waals surface area contributed by atoms with Crippen LogP contribution in [0, 0.1) is 0 Å². The second-order valence-corrected chi connectivity index (χ2v) is 4.15. The smallest absolute Gasteiger partial charge is 0.314 e. The summed E-state index contributed by atoms with van der Waals surface area (Å²) in [5.74, 6) is -2.07. The minimum atomic E-state index is -1.04. The van der Waals surface area contributed by atoms with Gasteiger partial charge in [-0.15, -0.1) is 0 Å². The minimum absolute atomic E-state index is 0.111. The molecule has 2 atom stereocenters. The summed E-state index contributed by atoms with van der Waals surface area (Å²) in [5, 5.41) is 4.78. The van der Waals surface area contributed by atoms with Gasteiger partial charge >= 0.3 is 5.97 Å². The Morgan fingerprint density at radius 1 is 1.00 bits per heavy atom. The van der Waals surface area contributed by atoms with Crippen LogP contribution < -0.4 is 10.6 Å². The zero-order valence-electron chi connectivity index (χ0n) is 12.0. The van der Waals surface area contributed by atoms with Crippen LogP contribution in [0.25, 0.3) is 0 Å². The van der Waals surface area contributed by atoms with Crippen molar-refractivity contribution in [1.82, 2.24) is 10.6 Å². The Morgan fingerprint density at radius 3 is 1.95 bits per heavy atom. The summed E-state index contributed by atoms with van der Waals surface area (Å²) in [5.41, 5.74) is 0. The highest BCUT2D eigenvalue weighted by molar-refractivity contribution is 5.95. The molecule has 8 heteroatoms. The summed E-state index contributed by atoms with van der Waals surface area (Å²) in [4.78, 5) is 44.7. The van der Waals surface area contributed by atoms with Crippen molar-refractivity contribution in [3.05, 3.63) is 0 Å². The van der Waals surface area contributed by atoms with Gasteiger partial charge in [0.05, 0.1) is 6.67 Å². The fourth-order valence-corrected chi connectivity index (χ4v) is 1.11. The molecular formula is C12H20N2O6. The van der Waals surface area contributed by atoms with E-state index < -0.39 is 24.1 Å². The van der Waals surface area contributed by atoms with Gasteiger partial charge in [0.15, 0.2) is 6.10 Å². The van der Waals surface area contributed by atoms with E-state index in [-0.39, 0.29) is 24.8 Å². The Hall–Kier alpha value is -1.96. The Bertz CT molecular complexity index is 382. The summed E-state index contributed by atoms with van der Waals surface area (Å²) < 4.78 is 9.52. The van der Waals surface area contributed by atoms with Crippen LogP contribution in [0.2, 0.25) is 0 Å². The summed E-state index contributed by atoms with van der Waals surface area (Å²) in [7, 11) is 1.39. The van der Waals surface area contributed by atoms with E-state index in [1.165, 1.54) is 21.0 Å². The Labute approximate surface area is 117 Å². The molecule has 0 aromatic carbocycles.